The zero-order chi connectivity index (χ0) is 26.6. The van der Waals surface area contributed by atoms with Crippen LogP contribution in [0.4, 0.5) is 4.79 Å². The van der Waals surface area contributed by atoms with Gasteiger partial charge in [0.25, 0.3) is 11.1 Å². The summed E-state index contributed by atoms with van der Waals surface area (Å²) in [4.78, 5) is 27.6. The van der Waals surface area contributed by atoms with Gasteiger partial charge in [-0.25, -0.2) is 0 Å². The molecule has 0 saturated carbocycles. The topological polar surface area (TPSA) is 55.8 Å². The van der Waals surface area contributed by atoms with E-state index >= 15 is 0 Å². The third kappa shape index (κ3) is 5.68. The number of fused-ring (bicyclic) bond motifs is 1. The van der Waals surface area contributed by atoms with Crippen molar-refractivity contribution in [2.45, 2.75) is 20.1 Å². The molecule has 38 heavy (non-hydrogen) atoms. The van der Waals surface area contributed by atoms with Crippen LogP contribution in [0.2, 0.25) is 10.0 Å². The maximum absolute atomic E-state index is 13.2. The van der Waals surface area contributed by atoms with Crippen LogP contribution in [-0.4, -0.2) is 22.7 Å². The van der Waals surface area contributed by atoms with Gasteiger partial charge in [-0.3, -0.25) is 14.5 Å². The minimum absolute atomic E-state index is 0.216. The van der Waals surface area contributed by atoms with Crippen LogP contribution in [0.1, 0.15) is 23.6 Å². The van der Waals surface area contributed by atoms with Crippen molar-refractivity contribution in [2.75, 3.05) is 6.61 Å². The van der Waals surface area contributed by atoms with E-state index in [2.05, 4.69) is 0 Å². The largest absolute Gasteiger partial charge is 0.490 e. The van der Waals surface area contributed by atoms with Crippen molar-refractivity contribution in [1.29, 1.82) is 0 Å². The van der Waals surface area contributed by atoms with E-state index in [1.165, 1.54) is 4.90 Å². The number of nitrogens with zero attached hydrogens (tertiary/aromatic N) is 1. The third-order valence-electron chi connectivity index (χ3n) is 6.05. The lowest BCUT2D eigenvalue weighted by Gasteiger charge is -2.14. The second kappa shape index (κ2) is 11.5. The van der Waals surface area contributed by atoms with Crippen molar-refractivity contribution in [2.24, 2.45) is 0 Å². The second-order valence-electron chi connectivity index (χ2n) is 8.57. The average molecular weight is 564 g/mol. The van der Waals surface area contributed by atoms with Crippen molar-refractivity contribution in [1.82, 2.24) is 4.90 Å². The van der Waals surface area contributed by atoms with Crippen LogP contribution in [0.3, 0.4) is 0 Å². The fraction of sp³-hybridized carbons (Fsp3) is 0.133. The number of rotatable bonds is 8. The SMILES string of the molecule is CCOc1cc(/C=C2/SC(=O)N(Cc3cccc4ccccc34)C2=O)ccc1OCc1ccc(Cl)cc1Cl. The predicted molar refractivity (Wildman–Crippen MR) is 154 cm³/mol. The van der Waals surface area contributed by atoms with E-state index in [4.69, 9.17) is 32.7 Å². The summed E-state index contributed by atoms with van der Waals surface area (Å²) in [6, 6.07) is 24.5. The smallest absolute Gasteiger partial charge is 0.293 e. The van der Waals surface area contributed by atoms with Gasteiger partial charge in [-0.2, -0.15) is 0 Å². The highest BCUT2D eigenvalue weighted by atomic mass is 35.5. The first-order valence-corrected chi connectivity index (χ1v) is 13.6. The molecule has 5 nitrogen and oxygen atoms in total. The van der Waals surface area contributed by atoms with Crippen molar-refractivity contribution in [3.05, 3.63) is 111 Å². The van der Waals surface area contributed by atoms with Crippen LogP contribution < -0.4 is 9.47 Å². The predicted octanol–water partition coefficient (Wildman–Crippen LogP) is 8.36. The lowest BCUT2D eigenvalue weighted by Crippen LogP contribution is -2.27. The first kappa shape index (κ1) is 26.2. The molecule has 0 spiro atoms. The Morgan fingerprint density at radius 1 is 0.868 bits per heavy atom. The molecule has 1 aliphatic heterocycles. The Bertz CT molecular complexity index is 1560. The number of halogens is 2. The molecule has 1 saturated heterocycles. The Morgan fingerprint density at radius 2 is 1.68 bits per heavy atom. The van der Waals surface area contributed by atoms with E-state index in [-0.39, 0.29) is 24.3 Å². The number of hydrogen-bond donors (Lipinski definition) is 0. The molecule has 4 aromatic carbocycles. The number of hydrogen-bond acceptors (Lipinski definition) is 5. The zero-order valence-corrected chi connectivity index (χ0v) is 22.8. The highest BCUT2D eigenvalue weighted by Gasteiger charge is 2.35. The minimum Gasteiger partial charge on any atom is -0.490 e. The molecule has 0 radical (unpaired) electrons. The van der Waals surface area contributed by atoms with Gasteiger partial charge in [0.05, 0.1) is 18.1 Å². The summed E-state index contributed by atoms with van der Waals surface area (Å²) in [7, 11) is 0. The summed E-state index contributed by atoms with van der Waals surface area (Å²) >= 11 is 13.2. The Morgan fingerprint density at radius 3 is 2.50 bits per heavy atom. The van der Waals surface area contributed by atoms with Gasteiger partial charge in [-0.1, -0.05) is 77.8 Å². The van der Waals surface area contributed by atoms with Crippen molar-refractivity contribution in [3.8, 4) is 11.5 Å². The van der Waals surface area contributed by atoms with E-state index in [0.717, 1.165) is 39.2 Å². The minimum atomic E-state index is -0.316. The standard InChI is InChI=1S/C30H23Cl2NO4S/c1-2-36-27-14-19(10-13-26(27)37-18-22-11-12-23(31)16-25(22)32)15-28-29(34)33(30(35)38-28)17-21-8-5-7-20-6-3-4-9-24(20)21/h3-16H,2,17-18H2,1H3/b28-15+. The van der Waals surface area contributed by atoms with Crippen LogP contribution in [0.15, 0.2) is 83.8 Å². The van der Waals surface area contributed by atoms with E-state index in [1.54, 1.807) is 30.3 Å². The van der Waals surface area contributed by atoms with Crippen molar-refractivity contribution >= 4 is 63.0 Å². The molecule has 0 unspecified atom stereocenters. The molecule has 0 atom stereocenters. The monoisotopic (exact) mass is 563 g/mol. The summed E-state index contributed by atoms with van der Waals surface area (Å²) in [5.41, 5.74) is 2.44. The molecular weight excluding hydrogens is 541 g/mol. The number of carbonyl (C=O) groups excluding carboxylic acids is 2. The Kier molecular flexibility index (Phi) is 7.93. The van der Waals surface area contributed by atoms with Gasteiger partial charge in [0, 0.05) is 15.6 Å². The molecule has 8 heteroatoms. The average Bonchev–Trinajstić information content (AvgIpc) is 3.16. The third-order valence-corrected chi connectivity index (χ3v) is 7.54. The number of carbonyl (C=O) groups is 2. The fourth-order valence-corrected chi connectivity index (χ4v) is 5.49. The summed E-state index contributed by atoms with van der Waals surface area (Å²) < 4.78 is 11.8. The van der Waals surface area contributed by atoms with Gasteiger partial charge < -0.3 is 9.47 Å². The first-order chi connectivity index (χ1) is 18.4. The lowest BCUT2D eigenvalue weighted by atomic mass is 10.0. The number of imide groups is 1. The maximum Gasteiger partial charge on any atom is 0.293 e. The van der Waals surface area contributed by atoms with Crippen LogP contribution in [0.5, 0.6) is 11.5 Å². The molecule has 2 amide bonds. The first-order valence-electron chi connectivity index (χ1n) is 12.0. The Labute approximate surface area is 234 Å². The Hall–Kier alpha value is -3.45. The van der Waals surface area contributed by atoms with Crippen molar-refractivity contribution in [3.63, 3.8) is 0 Å². The van der Waals surface area contributed by atoms with Gasteiger partial charge in [-0.15, -0.1) is 0 Å². The number of benzene rings is 4. The summed E-state index contributed by atoms with van der Waals surface area (Å²) in [6.07, 6.45) is 1.70. The quantitative estimate of drug-likeness (QED) is 0.201. The van der Waals surface area contributed by atoms with Gasteiger partial charge in [-0.05, 0) is 70.9 Å². The molecule has 1 aliphatic rings. The summed E-state index contributed by atoms with van der Waals surface area (Å²) in [6.45, 7) is 2.77. The number of ether oxygens (including phenoxy) is 2. The maximum atomic E-state index is 13.2. The van der Waals surface area contributed by atoms with E-state index in [9.17, 15) is 9.59 Å². The lowest BCUT2D eigenvalue weighted by molar-refractivity contribution is -0.123. The molecule has 5 rings (SSSR count). The van der Waals surface area contributed by atoms with Gasteiger partial charge in [0.1, 0.15) is 6.61 Å². The molecule has 192 valence electrons. The molecule has 4 aromatic rings. The highest BCUT2D eigenvalue weighted by Crippen LogP contribution is 2.36. The number of thioether (sulfide) groups is 1. The number of amides is 2. The molecule has 0 bridgehead atoms. The zero-order valence-electron chi connectivity index (χ0n) is 20.4. The molecule has 0 N–H and O–H groups in total. The van der Waals surface area contributed by atoms with E-state index in [1.807, 2.05) is 61.5 Å². The summed E-state index contributed by atoms with van der Waals surface area (Å²) in [5, 5.41) is 2.87. The van der Waals surface area contributed by atoms with Crippen LogP contribution in [0.25, 0.3) is 16.8 Å². The van der Waals surface area contributed by atoms with Gasteiger partial charge >= 0.3 is 0 Å². The molecule has 0 aliphatic carbocycles. The molecule has 1 fully saturated rings. The van der Waals surface area contributed by atoms with Crippen LogP contribution >= 0.6 is 35.0 Å². The van der Waals surface area contributed by atoms with E-state index < -0.39 is 0 Å². The van der Waals surface area contributed by atoms with E-state index in [0.29, 0.717) is 33.1 Å². The Balaban J connectivity index is 1.35. The molecular formula is C30H23Cl2NO4S. The van der Waals surface area contributed by atoms with Crippen LogP contribution in [-0.2, 0) is 17.9 Å². The van der Waals surface area contributed by atoms with Gasteiger partial charge in [0.15, 0.2) is 11.5 Å². The highest BCUT2D eigenvalue weighted by molar-refractivity contribution is 8.18. The normalized spacial score (nSPS) is 14.5. The second-order valence-corrected chi connectivity index (χ2v) is 10.4. The van der Waals surface area contributed by atoms with Crippen molar-refractivity contribution < 1.29 is 19.1 Å². The summed E-state index contributed by atoms with van der Waals surface area (Å²) in [5.74, 6) is 0.754. The fourth-order valence-electron chi connectivity index (χ4n) is 4.18. The molecule has 0 aromatic heterocycles. The van der Waals surface area contributed by atoms with Gasteiger partial charge in [0.2, 0.25) is 0 Å². The van der Waals surface area contributed by atoms with Crippen LogP contribution in [0, 0.1) is 0 Å². The molecule has 1 heterocycles.